The summed E-state index contributed by atoms with van der Waals surface area (Å²) < 4.78 is 11.9. The van der Waals surface area contributed by atoms with E-state index < -0.39 is 27.4 Å². The Morgan fingerprint density at radius 2 is 1.27 bits per heavy atom. The highest BCUT2D eigenvalue weighted by atomic mass is 28.4. The molecule has 15 heavy (non-hydrogen) atoms. The molecule has 0 aliphatic heterocycles. The second-order valence-electron chi connectivity index (χ2n) is 3.67. The Bertz CT molecular complexity index is 267. The van der Waals surface area contributed by atoms with E-state index in [0.717, 1.165) is 0 Å². The Kier molecular flexibility index (Phi) is 5.48. The number of hydrogen-bond donors (Lipinski definition) is 0. The zero-order valence-electron chi connectivity index (χ0n) is 9.70. The van der Waals surface area contributed by atoms with E-state index in [1.54, 1.807) is 0 Å². The molecule has 0 fully saturated rings. The first kappa shape index (κ1) is 12.9. The van der Waals surface area contributed by atoms with Crippen LogP contribution in [0.15, 0.2) is 30.3 Å². The molecule has 0 heterocycles. The van der Waals surface area contributed by atoms with Crippen molar-refractivity contribution in [2.45, 2.75) is 26.2 Å². The van der Waals surface area contributed by atoms with Crippen molar-refractivity contribution in [3.8, 4) is 0 Å². The molecule has 1 aromatic rings. The maximum absolute atomic E-state index is 5.95. The Morgan fingerprint density at radius 3 is 1.67 bits per heavy atom. The van der Waals surface area contributed by atoms with Gasteiger partial charge in [-0.05, 0) is 31.4 Å². The first-order chi connectivity index (χ1) is 7.09. The average molecular weight is 254 g/mol. The van der Waals surface area contributed by atoms with Gasteiger partial charge in [0.2, 0.25) is 0 Å². The molecule has 0 N–H and O–H groups in total. The quantitative estimate of drug-likeness (QED) is 0.747. The third-order valence-electron chi connectivity index (χ3n) is 1.60. The molecule has 0 bridgehead atoms. The van der Waals surface area contributed by atoms with E-state index in [9.17, 15) is 0 Å². The van der Waals surface area contributed by atoms with Crippen LogP contribution < -0.4 is 5.19 Å². The van der Waals surface area contributed by atoms with Gasteiger partial charge in [-0.3, -0.25) is 0 Å². The standard InChI is InChI=1S/C10H17O2Si3/c1-13(2)11-15(12-14(3)4)10-8-6-5-7-9-10/h5-9H,1-4H3. The van der Waals surface area contributed by atoms with Crippen LogP contribution in [0.3, 0.4) is 0 Å². The van der Waals surface area contributed by atoms with E-state index in [1.165, 1.54) is 5.19 Å². The van der Waals surface area contributed by atoms with E-state index in [-0.39, 0.29) is 0 Å². The van der Waals surface area contributed by atoms with Gasteiger partial charge in [0, 0.05) is 0 Å². The average Bonchev–Trinajstić information content (AvgIpc) is 2.17. The molecule has 2 nitrogen and oxygen atoms in total. The summed E-state index contributed by atoms with van der Waals surface area (Å²) in [4.78, 5) is 0. The predicted molar refractivity (Wildman–Crippen MR) is 69.0 cm³/mol. The Hall–Kier alpha value is -0.209. The summed E-state index contributed by atoms with van der Waals surface area (Å²) >= 11 is 0. The van der Waals surface area contributed by atoms with E-state index in [2.05, 4.69) is 38.3 Å². The van der Waals surface area contributed by atoms with Gasteiger partial charge in [-0.25, -0.2) is 0 Å². The molecule has 81 valence electrons. The fraction of sp³-hybridized carbons (Fsp3) is 0.400. The van der Waals surface area contributed by atoms with Crippen LogP contribution in [0.4, 0.5) is 0 Å². The summed E-state index contributed by atoms with van der Waals surface area (Å²) in [6.07, 6.45) is 0. The van der Waals surface area contributed by atoms with Crippen molar-refractivity contribution in [3.05, 3.63) is 30.3 Å². The van der Waals surface area contributed by atoms with Gasteiger partial charge in [-0.2, -0.15) is 0 Å². The smallest absolute Gasteiger partial charge is 0.401 e. The molecule has 3 radical (unpaired) electrons. The zero-order chi connectivity index (χ0) is 11.3. The predicted octanol–water partition coefficient (Wildman–Crippen LogP) is 1.92. The highest BCUT2D eigenvalue weighted by Gasteiger charge is 2.22. The lowest BCUT2D eigenvalue weighted by Crippen LogP contribution is -2.42. The minimum Gasteiger partial charge on any atom is -0.432 e. The molecule has 0 aromatic heterocycles. The molecule has 0 saturated carbocycles. The summed E-state index contributed by atoms with van der Waals surface area (Å²) in [6.45, 7) is 8.61. The third-order valence-corrected chi connectivity index (χ3v) is 7.16. The Balaban J connectivity index is 2.72. The van der Waals surface area contributed by atoms with Crippen LogP contribution in [0.25, 0.3) is 0 Å². The van der Waals surface area contributed by atoms with Crippen molar-refractivity contribution in [1.29, 1.82) is 0 Å². The lowest BCUT2D eigenvalue weighted by atomic mass is 10.4. The molecule has 1 rings (SSSR count). The third kappa shape index (κ3) is 4.89. The summed E-state index contributed by atoms with van der Waals surface area (Å²) in [5, 5.41) is 1.22. The molecule has 0 unspecified atom stereocenters. The molecule has 0 aliphatic carbocycles. The van der Waals surface area contributed by atoms with Crippen LogP contribution in [-0.2, 0) is 8.23 Å². The largest absolute Gasteiger partial charge is 0.432 e. The molecule has 5 heteroatoms. The summed E-state index contributed by atoms with van der Waals surface area (Å²) in [5.74, 6) is 0. The second-order valence-corrected chi connectivity index (χ2v) is 10.1. The van der Waals surface area contributed by atoms with Crippen molar-refractivity contribution < 1.29 is 8.23 Å². The van der Waals surface area contributed by atoms with E-state index in [4.69, 9.17) is 8.23 Å². The van der Waals surface area contributed by atoms with Gasteiger partial charge < -0.3 is 8.23 Å². The van der Waals surface area contributed by atoms with Gasteiger partial charge in [0.15, 0.2) is 18.1 Å². The fourth-order valence-electron chi connectivity index (χ4n) is 1.08. The van der Waals surface area contributed by atoms with Gasteiger partial charge in [0.1, 0.15) is 0 Å². The van der Waals surface area contributed by atoms with Gasteiger partial charge in [-0.1, -0.05) is 30.3 Å². The maximum atomic E-state index is 5.95. The van der Waals surface area contributed by atoms with Crippen LogP contribution in [0.1, 0.15) is 0 Å². The molecule has 0 saturated heterocycles. The van der Waals surface area contributed by atoms with E-state index >= 15 is 0 Å². The molecule has 0 spiro atoms. The van der Waals surface area contributed by atoms with Crippen molar-refractivity contribution in [3.63, 3.8) is 0 Å². The fourth-order valence-corrected chi connectivity index (χ4v) is 6.00. The number of hydrogen-bond acceptors (Lipinski definition) is 2. The van der Waals surface area contributed by atoms with Crippen LogP contribution in [0.5, 0.6) is 0 Å². The number of benzene rings is 1. The van der Waals surface area contributed by atoms with E-state index in [0.29, 0.717) is 0 Å². The Morgan fingerprint density at radius 1 is 0.800 bits per heavy atom. The zero-order valence-corrected chi connectivity index (χ0v) is 12.7. The van der Waals surface area contributed by atoms with Gasteiger partial charge >= 0.3 is 9.28 Å². The first-order valence-corrected chi connectivity index (χ1v) is 11.1. The molecule has 0 amide bonds. The SMILES string of the molecule is C[Si](C)O[Si](O[Si](C)C)c1ccccc1. The van der Waals surface area contributed by atoms with Gasteiger partial charge in [0.25, 0.3) is 0 Å². The minimum absolute atomic E-state index is 0.689. The molecule has 0 atom stereocenters. The molecule has 0 aliphatic rings. The van der Waals surface area contributed by atoms with Gasteiger partial charge in [0.05, 0.1) is 0 Å². The minimum atomic E-state index is -1.23. The van der Waals surface area contributed by atoms with E-state index in [1.807, 2.05) is 18.2 Å². The normalized spacial score (nSPS) is 11.7. The highest BCUT2D eigenvalue weighted by molar-refractivity contribution is 6.75. The maximum Gasteiger partial charge on any atom is 0.401 e. The second kappa shape index (κ2) is 6.39. The van der Waals surface area contributed by atoms with Crippen LogP contribution in [0.2, 0.25) is 26.2 Å². The van der Waals surface area contributed by atoms with Crippen molar-refractivity contribution in [2.75, 3.05) is 0 Å². The van der Waals surface area contributed by atoms with Crippen molar-refractivity contribution in [2.24, 2.45) is 0 Å². The topological polar surface area (TPSA) is 18.5 Å². The van der Waals surface area contributed by atoms with Crippen molar-refractivity contribution in [1.82, 2.24) is 0 Å². The number of rotatable bonds is 5. The summed E-state index contributed by atoms with van der Waals surface area (Å²) in [7, 11) is -2.61. The lowest BCUT2D eigenvalue weighted by molar-refractivity contribution is 0.457. The summed E-state index contributed by atoms with van der Waals surface area (Å²) in [6, 6.07) is 10.3. The van der Waals surface area contributed by atoms with Crippen molar-refractivity contribution >= 4 is 32.6 Å². The lowest BCUT2D eigenvalue weighted by Gasteiger charge is -2.19. The summed E-state index contributed by atoms with van der Waals surface area (Å²) in [5.41, 5.74) is 0. The molecular formula is C10H17O2Si3. The van der Waals surface area contributed by atoms with Crippen LogP contribution in [-0.4, -0.2) is 27.4 Å². The first-order valence-electron chi connectivity index (χ1n) is 4.98. The molecular weight excluding hydrogens is 236 g/mol. The monoisotopic (exact) mass is 253 g/mol. The Labute approximate surface area is 97.5 Å². The highest BCUT2D eigenvalue weighted by Crippen LogP contribution is 1.98. The van der Waals surface area contributed by atoms with Crippen LogP contribution >= 0.6 is 0 Å². The molecule has 1 aromatic carbocycles. The van der Waals surface area contributed by atoms with Gasteiger partial charge in [-0.15, -0.1) is 0 Å². The van der Waals surface area contributed by atoms with Crippen LogP contribution in [0, 0.1) is 0 Å².